The van der Waals surface area contributed by atoms with E-state index < -0.39 is 0 Å². The van der Waals surface area contributed by atoms with Crippen molar-refractivity contribution in [2.75, 3.05) is 19.8 Å². The van der Waals surface area contributed by atoms with Crippen LogP contribution in [0.5, 0.6) is 11.5 Å². The van der Waals surface area contributed by atoms with Gasteiger partial charge in [0, 0.05) is 13.1 Å². The second-order valence-corrected chi connectivity index (χ2v) is 5.35. The highest BCUT2D eigenvalue weighted by atomic mass is 16.5. The lowest BCUT2D eigenvalue weighted by molar-refractivity contribution is 0.0711. The van der Waals surface area contributed by atoms with Crippen molar-refractivity contribution in [3.8, 4) is 11.5 Å². The summed E-state index contributed by atoms with van der Waals surface area (Å²) in [7, 11) is 0. The van der Waals surface area contributed by atoms with Crippen LogP contribution in [0.25, 0.3) is 0 Å². The molecule has 130 valence electrons. The van der Waals surface area contributed by atoms with Gasteiger partial charge in [0.2, 0.25) is 0 Å². The molecule has 0 saturated heterocycles. The highest BCUT2D eigenvalue weighted by molar-refractivity contribution is 5.91. The third-order valence-corrected chi connectivity index (χ3v) is 3.49. The van der Waals surface area contributed by atoms with E-state index in [0.717, 1.165) is 17.7 Å². The van der Waals surface area contributed by atoms with Gasteiger partial charge in [0.25, 0.3) is 5.91 Å². The number of hydrogen-bond donors (Lipinski definition) is 0. The van der Waals surface area contributed by atoms with Crippen LogP contribution in [0.4, 0.5) is 0 Å². The Morgan fingerprint density at radius 2 is 1.83 bits per heavy atom. The number of ether oxygens (including phenoxy) is 2. The Labute approximate surface area is 143 Å². The molecule has 0 atom stereocenters. The molecule has 5 nitrogen and oxygen atoms in total. The molecule has 0 N–H and O–H groups in total. The third kappa shape index (κ3) is 4.54. The highest BCUT2D eigenvalue weighted by Crippen LogP contribution is 2.29. The van der Waals surface area contributed by atoms with E-state index in [0.29, 0.717) is 37.8 Å². The smallest absolute Gasteiger partial charge is 0.289 e. The molecule has 1 amide bonds. The maximum atomic E-state index is 12.6. The zero-order valence-electron chi connectivity index (χ0n) is 14.6. The molecule has 0 radical (unpaired) electrons. The van der Waals surface area contributed by atoms with Gasteiger partial charge in [0.05, 0.1) is 19.5 Å². The Hall–Kier alpha value is -2.43. The second kappa shape index (κ2) is 9.01. The van der Waals surface area contributed by atoms with E-state index in [9.17, 15) is 4.79 Å². The predicted octanol–water partition coefficient (Wildman–Crippen LogP) is 4.13. The van der Waals surface area contributed by atoms with E-state index >= 15 is 0 Å². The standard InChI is InChI=1S/C19H25NO4/c1-4-11-20(19(21)17-8-7-12-24-17)14-15-9-10-16(22-5-2)18(13-15)23-6-3/h7-10,12-13H,4-6,11,14H2,1-3H3. The zero-order valence-corrected chi connectivity index (χ0v) is 14.6. The van der Waals surface area contributed by atoms with Gasteiger partial charge in [0.15, 0.2) is 17.3 Å². The van der Waals surface area contributed by atoms with Crippen molar-refractivity contribution in [3.05, 3.63) is 47.9 Å². The minimum Gasteiger partial charge on any atom is -0.490 e. The quantitative estimate of drug-likeness (QED) is 0.693. The summed E-state index contributed by atoms with van der Waals surface area (Å²) in [5.41, 5.74) is 0.996. The fraction of sp³-hybridized carbons (Fsp3) is 0.421. The molecular weight excluding hydrogens is 306 g/mol. The van der Waals surface area contributed by atoms with Gasteiger partial charge in [-0.2, -0.15) is 0 Å². The lowest BCUT2D eigenvalue weighted by atomic mass is 10.1. The minimum atomic E-state index is -0.103. The van der Waals surface area contributed by atoms with Gasteiger partial charge in [-0.25, -0.2) is 0 Å². The van der Waals surface area contributed by atoms with Crippen LogP contribution >= 0.6 is 0 Å². The SMILES string of the molecule is CCCN(Cc1ccc(OCC)c(OCC)c1)C(=O)c1ccco1. The number of nitrogens with zero attached hydrogens (tertiary/aromatic N) is 1. The van der Waals surface area contributed by atoms with E-state index in [4.69, 9.17) is 13.9 Å². The van der Waals surface area contributed by atoms with Gasteiger partial charge in [0.1, 0.15) is 0 Å². The molecule has 1 aromatic heterocycles. The number of hydrogen-bond acceptors (Lipinski definition) is 4. The molecule has 1 heterocycles. The molecule has 24 heavy (non-hydrogen) atoms. The molecule has 5 heteroatoms. The summed E-state index contributed by atoms with van der Waals surface area (Å²) >= 11 is 0. The zero-order chi connectivity index (χ0) is 17.4. The summed E-state index contributed by atoms with van der Waals surface area (Å²) < 4.78 is 16.5. The first-order valence-electron chi connectivity index (χ1n) is 8.40. The van der Waals surface area contributed by atoms with E-state index in [1.54, 1.807) is 17.0 Å². The average Bonchev–Trinajstić information content (AvgIpc) is 3.11. The van der Waals surface area contributed by atoms with Crippen molar-refractivity contribution >= 4 is 5.91 Å². The summed E-state index contributed by atoms with van der Waals surface area (Å²) in [4.78, 5) is 14.3. The van der Waals surface area contributed by atoms with E-state index in [1.165, 1.54) is 6.26 Å². The lowest BCUT2D eigenvalue weighted by Crippen LogP contribution is -2.31. The Morgan fingerprint density at radius 3 is 2.46 bits per heavy atom. The number of furan rings is 1. The molecule has 0 aliphatic rings. The van der Waals surface area contributed by atoms with Gasteiger partial charge in [-0.15, -0.1) is 0 Å². The second-order valence-electron chi connectivity index (χ2n) is 5.35. The topological polar surface area (TPSA) is 51.9 Å². The molecule has 0 aliphatic heterocycles. The Kier molecular flexibility index (Phi) is 6.73. The van der Waals surface area contributed by atoms with Crippen molar-refractivity contribution in [2.24, 2.45) is 0 Å². The largest absolute Gasteiger partial charge is 0.490 e. The average molecular weight is 331 g/mol. The third-order valence-electron chi connectivity index (χ3n) is 3.49. The van der Waals surface area contributed by atoms with Crippen molar-refractivity contribution < 1.29 is 18.7 Å². The van der Waals surface area contributed by atoms with Gasteiger partial charge in [-0.05, 0) is 50.1 Å². The molecule has 0 bridgehead atoms. The lowest BCUT2D eigenvalue weighted by Gasteiger charge is -2.22. The van der Waals surface area contributed by atoms with Gasteiger partial charge < -0.3 is 18.8 Å². The summed E-state index contributed by atoms with van der Waals surface area (Å²) in [6.45, 7) is 8.23. The number of carbonyl (C=O) groups excluding carboxylic acids is 1. The maximum absolute atomic E-state index is 12.6. The molecule has 0 spiro atoms. The van der Waals surface area contributed by atoms with Gasteiger partial charge >= 0.3 is 0 Å². The van der Waals surface area contributed by atoms with E-state index in [2.05, 4.69) is 0 Å². The number of amides is 1. The highest BCUT2D eigenvalue weighted by Gasteiger charge is 2.18. The van der Waals surface area contributed by atoms with Crippen LogP contribution in [0, 0.1) is 0 Å². The molecule has 0 aliphatic carbocycles. The molecule has 2 aromatic rings. The Bertz CT molecular complexity index is 637. The molecular formula is C19H25NO4. The van der Waals surface area contributed by atoms with Crippen LogP contribution < -0.4 is 9.47 Å². The molecule has 0 unspecified atom stereocenters. The predicted molar refractivity (Wildman–Crippen MR) is 92.5 cm³/mol. The van der Waals surface area contributed by atoms with Crippen molar-refractivity contribution in [1.82, 2.24) is 4.90 Å². The van der Waals surface area contributed by atoms with Crippen molar-refractivity contribution in [2.45, 2.75) is 33.7 Å². The van der Waals surface area contributed by atoms with Gasteiger partial charge in [-0.3, -0.25) is 4.79 Å². The van der Waals surface area contributed by atoms with Crippen LogP contribution in [0.15, 0.2) is 41.0 Å². The molecule has 1 aromatic carbocycles. The first-order valence-corrected chi connectivity index (χ1v) is 8.40. The normalized spacial score (nSPS) is 10.5. The number of carbonyl (C=O) groups is 1. The van der Waals surface area contributed by atoms with E-state index in [-0.39, 0.29) is 5.91 Å². The Morgan fingerprint density at radius 1 is 1.08 bits per heavy atom. The van der Waals surface area contributed by atoms with Crippen molar-refractivity contribution in [1.29, 1.82) is 0 Å². The monoisotopic (exact) mass is 331 g/mol. The van der Waals surface area contributed by atoms with Crippen LogP contribution in [0.2, 0.25) is 0 Å². The molecule has 0 saturated carbocycles. The molecule has 0 fully saturated rings. The summed E-state index contributed by atoms with van der Waals surface area (Å²) in [6.07, 6.45) is 2.39. The van der Waals surface area contributed by atoms with Gasteiger partial charge in [-0.1, -0.05) is 13.0 Å². The fourth-order valence-electron chi connectivity index (χ4n) is 2.49. The first-order chi connectivity index (χ1) is 11.7. The van der Waals surface area contributed by atoms with E-state index in [1.807, 2.05) is 39.0 Å². The van der Waals surface area contributed by atoms with Crippen LogP contribution in [0.1, 0.15) is 43.3 Å². The van der Waals surface area contributed by atoms with Crippen LogP contribution in [-0.4, -0.2) is 30.6 Å². The van der Waals surface area contributed by atoms with Crippen molar-refractivity contribution in [3.63, 3.8) is 0 Å². The first kappa shape index (κ1) is 17.9. The number of benzene rings is 1. The fourth-order valence-corrected chi connectivity index (χ4v) is 2.49. The maximum Gasteiger partial charge on any atom is 0.289 e. The van der Waals surface area contributed by atoms with Crippen LogP contribution in [-0.2, 0) is 6.54 Å². The summed E-state index contributed by atoms with van der Waals surface area (Å²) in [5, 5.41) is 0. The minimum absolute atomic E-state index is 0.103. The molecule has 2 rings (SSSR count). The Balaban J connectivity index is 2.19. The summed E-state index contributed by atoms with van der Waals surface area (Å²) in [6, 6.07) is 9.21. The summed E-state index contributed by atoms with van der Waals surface area (Å²) in [5.74, 6) is 1.69. The van der Waals surface area contributed by atoms with Crippen LogP contribution in [0.3, 0.4) is 0 Å². The number of rotatable bonds is 9.